The average molecular weight is 253 g/mol. The van der Waals surface area contributed by atoms with E-state index >= 15 is 0 Å². The number of hydrogen-bond donors (Lipinski definition) is 0. The summed E-state index contributed by atoms with van der Waals surface area (Å²) in [4.78, 5) is 5.73. The van der Waals surface area contributed by atoms with Gasteiger partial charge < -0.3 is 4.74 Å². The topological polar surface area (TPSA) is 21.6 Å². The molecular weight excluding hydrogens is 238 g/mol. The summed E-state index contributed by atoms with van der Waals surface area (Å²) in [7, 11) is 1.69. The van der Waals surface area contributed by atoms with Crippen LogP contribution in [0.3, 0.4) is 0 Å². The SMILES string of the molecule is COc1cccc(SC2=NCCC(C)S2)c1. The first-order valence-corrected chi connectivity index (χ1v) is 7.00. The Morgan fingerprint density at radius 3 is 3.12 bits per heavy atom. The Morgan fingerprint density at radius 2 is 2.38 bits per heavy atom. The Kier molecular flexibility index (Phi) is 4.18. The fraction of sp³-hybridized carbons (Fsp3) is 0.417. The first kappa shape index (κ1) is 11.9. The first-order chi connectivity index (χ1) is 7.78. The van der Waals surface area contributed by atoms with Gasteiger partial charge in [-0.25, -0.2) is 0 Å². The van der Waals surface area contributed by atoms with Crippen molar-refractivity contribution in [3.63, 3.8) is 0 Å². The Balaban J connectivity index is 2.05. The largest absolute Gasteiger partial charge is 0.497 e. The highest BCUT2D eigenvalue weighted by Crippen LogP contribution is 2.33. The smallest absolute Gasteiger partial charge is 0.129 e. The summed E-state index contributed by atoms with van der Waals surface area (Å²) >= 11 is 3.60. The van der Waals surface area contributed by atoms with Crippen molar-refractivity contribution in [3.05, 3.63) is 24.3 Å². The van der Waals surface area contributed by atoms with E-state index in [2.05, 4.69) is 18.0 Å². The predicted octanol–water partition coefficient (Wildman–Crippen LogP) is 3.67. The van der Waals surface area contributed by atoms with Crippen LogP contribution >= 0.6 is 23.5 Å². The van der Waals surface area contributed by atoms with Crippen LogP contribution in [0, 0.1) is 0 Å². The molecule has 0 aliphatic carbocycles. The van der Waals surface area contributed by atoms with Crippen LogP contribution in [-0.2, 0) is 0 Å². The first-order valence-electron chi connectivity index (χ1n) is 5.31. The molecule has 0 bridgehead atoms. The third-order valence-electron chi connectivity index (χ3n) is 2.32. The summed E-state index contributed by atoms with van der Waals surface area (Å²) in [5.74, 6) is 0.902. The fourth-order valence-corrected chi connectivity index (χ4v) is 3.81. The molecule has 1 aliphatic rings. The molecule has 0 fully saturated rings. The lowest BCUT2D eigenvalue weighted by molar-refractivity contribution is 0.413. The number of methoxy groups -OCH3 is 1. The monoisotopic (exact) mass is 253 g/mol. The van der Waals surface area contributed by atoms with Crippen molar-refractivity contribution in [3.8, 4) is 5.75 Å². The summed E-state index contributed by atoms with van der Waals surface area (Å²) in [6, 6.07) is 8.11. The molecule has 0 N–H and O–H groups in total. The zero-order valence-corrected chi connectivity index (χ0v) is 11.1. The maximum Gasteiger partial charge on any atom is 0.129 e. The molecule has 0 amide bonds. The fourth-order valence-electron chi connectivity index (χ4n) is 1.43. The minimum atomic E-state index is 0.686. The Morgan fingerprint density at radius 1 is 1.50 bits per heavy atom. The minimum absolute atomic E-state index is 0.686. The van der Waals surface area contributed by atoms with Crippen LogP contribution in [0.4, 0.5) is 0 Å². The molecule has 4 heteroatoms. The van der Waals surface area contributed by atoms with Crippen molar-refractivity contribution < 1.29 is 4.74 Å². The lowest BCUT2D eigenvalue weighted by Gasteiger charge is -2.16. The molecule has 1 aromatic carbocycles. The van der Waals surface area contributed by atoms with Gasteiger partial charge in [-0.1, -0.05) is 36.5 Å². The van der Waals surface area contributed by atoms with Gasteiger partial charge >= 0.3 is 0 Å². The molecule has 0 saturated carbocycles. The van der Waals surface area contributed by atoms with Gasteiger partial charge in [0.2, 0.25) is 0 Å². The number of ether oxygens (including phenoxy) is 1. The van der Waals surface area contributed by atoms with Crippen molar-refractivity contribution in [1.82, 2.24) is 0 Å². The van der Waals surface area contributed by atoms with Crippen LogP contribution in [0.15, 0.2) is 34.2 Å². The minimum Gasteiger partial charge on any atom is -0.497 e. The number of benzene rings is 1. The molecule has 0 aromatic heterocycles. The number of thioether (sulfide) groups is 2. The van der Waals surface area contributed by atoms with E-state index in [1.165, 1.54) is 15.7 Å². The summed E-state index contributed by atoms with van der Waals surface area (Å²) in [6.45, 7) is 3.21. The summed E-state index contributed by atoms with van der Waals surface area (Å²) in [5, 5.41) is 0.686. The van der Waals surface area contributed by atoms with E-state index in [-0.39, 0.29) is 0 Å². The van der Waals surface area contributed by atoms with Crippen molar-refractivity contribution in [1.29, 1.82) is 0 Å². The van der Waals surface area contributed by atoms with E-state index in [0.29, 0.717) is 5.25 Å². The van der Waals surface area contributed by atoms with Gasteiger partial charge in [0.1, 0.15) is 10.1 Å². The van der Waals surface area contributed by atoms with E-state index in [9.17, 15) is 0 Å². The maximum absolute atomic E-state index is 5.21. The molecule has 2 rings (SSSR count). The molecule has 1 aromatic rings. The molecule has 1 atom stereocenters. The van der Waals surface area contributed by atoms with Crippen molar-refractivity contribution in [2.45, 2.75) is 23.5 Å². The van der Waals surface area contributed by atoms with Gasteiger partial charge in [-0.15, -0.1) is 0 Å². The van der Waals surface area contributed by atoms with Crippen LogP contribution in [0.5, 0.6) is 5.75 Å². The molecule has 1 heterocycles. The highest BCUT2D eigenvalue weighted by atomic mass is 32.2. The zero-order valence-electron chi connectivity index (χ0n) is 9.47. The van der Waals surface area contributed by atoms with Crippen LogP contribution in [0.25, 0.3) is 0 Å². The predicted molar refractivity (Wildman–Crippen MR) is 72.8 cm³/mol. The lowest BCUT2D eigenvalue weighted by atomic mass is 10.3. The van der Waals surface area contributed by atoms with Crippen LogP contribution in [0.2, 0.25) is 0 Å². The summed E-state index contributed by atoms with van der Waals surface area (Å²) in [5.41, 5.74) is 0. The normalized spacial score (nSPS) is 20.4. The summed E-state index contributed by atoms with van der Waals surface area (Å²) in [6.07, 6.45) is 1.19. The highest BCUT2D eigenvalue weighted by Gasteiger charge is 2.14. The standard InChI is InChI=1S/C12H15NOS2/c1-9-6-7-13-12(15-9)16-11-5-3-4-10(8-11)14-2/h3-5,8-9H,6-7H2,1-2H3. The molecule has 2 nitrogen and oxygen atoms in total. The van der Waals surface area contributed by atoms with E-state index < -0.39 is 0 Å². The van der Waals surface area contributed by atoms with Crippen molar-refractivity contribution >= 4 is 27.9 Å². The third-order valence-corrected chi connectivity index (χ3v) is 4.63. The van der Waals surface area contributed by atoms with Gasteiger partial charge in [0, 0.05) is 16.7 Å². The Labute approximate surface area is 105 Å². The molecule has 0 radical (unpaired) electrons. The second-order valence-electron chi connectivity index (χ2n) is 3.65. The van der Waals surface area contributed by atoms with Gasteiger partial charge in [-0.3, -0.25) is 4.99 Å². The quantitative estimate of drug-likeness (QED) is 0.802. The number of hydrogen-bond acceptors (Lipinski definition) is 4. The average Bonchev–Trinajstić information content (AvgIpc) is 2.29. The molecule has 16 heavy (non-hydrogen) atoms. The highest BCUT2D eigenvalue weighted by molar-refractivity contribution is 8.39. The Bertz CT molecular complexity index is 392. The number of nitrogens with zero attached hydrogens (tertiary/aromatic N) is 1. The zero-order chi connectivity index (χ0) is 11.4. The number of rotatable bonds is 2. The third kappa shape index (κ3) is 3.19. The van der Waals surface area contributed by atoms with Gasteiger partial charge in [0.25, 0.3) is 0 Å². The molecule has 0 spiro atoms. The van der Waals surface area contributed by atoms with E-state index in [0.717, 1.165) is 12.3 Å². The molecule has 1 unspecified atom stereocenters. The molecule has 86 valence electrons. The van der Waals surface area contributed by atoms with Gasteiger partial charge in [-0.05, 0) is 24.6 Å². The van der Waals surface area contributed by atoms with E-state index in [1.54, 1.807) is 18.9 Å². The van der Waals surface area contributed by atoms with E-state index in [4.69, 9.17) is 4.74 Å². The van der Waals surface area contributed by atoms with E-state index in [1.807, 2.05) is 30.0 Å². The maximum atomic E-state index is 5.21. The van der Waals surface area contributed by atoms with Gasteiger partial charge in [-0.2, -0.15) is 0 Å². The van der Waals surface area contributed by atoms with Gasteiger partial charge in [0.05, 0.1) is 7.11 Å². The van der Waals surface area contributed by atoms with Crippen LogP contribution < -0.4 is 4.74 Å². The van der Waals surface area contributed by atoms with Crippen molar-refractivity contribution in [2.24, 2.45) is 4.99 Å². The molecule has 1 aliphatic heterocycles. The second kappa shape index (κ2) is 5.64. The molecule has 0 saturated heterocycles. The van der Waals surface area contributed by atoms with Crippen LogP contribution in [-0.4, -0.2) is 23.3 Å². The lowest BCUT2D eigenvalue weighted by Crippen LogP contribution is -2.08. The van der Waals surface area contributed by atoms with Crippen molar-refractivity contribution in [2.75, 3.05) is 13.7 Å². The second-order valence-corrected chi connectivity index (χ2v) is 6.39. The van der Waals surface area contributed by atoms with Crippen LogP contribution in [0.1, 0.15) is 13.3 Å². The molecular formula is C12H15NOS2. The number of aliphatic imine (C=N–C) groups is 1. The Hall–Kier alpha value is -0.610. The summed E-state index contributed by atoms with van der Waals surface area (Å²) < 4.78 is 6.38. The van der Waals surface area contributed by atoms with Gasteiger partial charge in [0.15, 0.2) is 0 Å².